The zero-order chi connectivity index (χ0) is 38.3. The molecule has 5 rings (SSSR count). The van der Waals surface area contributed by atoms with Crippen LogP contribution in [0.1, 0.15) is 114 Å². The third kappa shape index (κ3) is 8.15. The van der Waals surface area contributed by atoms with Crippen molar-refractivity contribution in [2.24, 2.45) is 27.1 Å². The molecule has 2 saturated heterocycles. The van der Waals surface area contributed by atoms with Crippen LogP contribution in [0.25, 0.3) is 0 Å². The second-order valence-corrected chi connectivity index (χ2v) is 19.6. The van der Waals surface area contributed by atoms with Gasteiger partial charge in [-0.05, 0) is 60.2 Å². The van der Waals surface area contributed by atoms with Crippen molar-refractivity contribution in [2.75, 3.05) is 39.4 Å². The van der Waals surface area contributed by atoms with Gasteiger partial charge in [-0.15, -0.1) is 0 Å². The number of amides is 5. The number of carbonyl (C=O) groups excluding carboxylic acids is 5. The van der Waals surface area contributed by atoms with Gasteiger partial charge in [0.15, 0.2) is 0 Å². The van der Waals surface area contributed by atoms with Gasteiger partial charge in [0, 0.05) is 55.8 Å². The van der Waals surface area contributed by atoms with E-state index in [2.05, 4.69) is 64.9 Å². The number of likely N-dealkylation sites (tertiary alicyclic amines) is 1. The maximum absolute atomic E-state index is 14.8. The molecule has 3 saturated carbocycles. The minimum absolute atomic E-state index is 0.0240. The van der Waals surface area contributed by atoms with Crippen molar-refractivity contribution >= 4 is 41.7 Å². The third-order valence-electron chi connectivity index (χ3n) is 12.9. The van der Waals surface area contributed by atoms with E-state index in [4.69, 9.17) is 4.74 Å². The highest BCUT2D eigenvalue weighted by Gasteiger charge is 2.85. The van der Waals surface area contributed by atoms with E-state index in [9.17, 15) is 24.0 Å². The molecule has 13 nitrogen and oxygen atoms in total. The summed E-state index contributed by atoms with van der Waals surface area (Å²) in [5.41, 5.74) is -1.21. The third-order valence-corrected chi connectivity index (χ3v) is 13.9. The number of ether oxygens (including phenoxy) is 1. The van der Waals surface area contributed by atoms with Crippen molar-refractivity contribution in [3.05, 3.63) is 0 Å². The lowest BCUT2D eigenvalue weighted by Crippen LogP contribution is -2.61. The zero-order valence-corrected chi connectivity index (χ0v) is 33.9. The number of nitrogens with one attached hydrogen (secondary N) is 5. The molecule has 2 aliphatic heterocycles. The van der Waals surface area contributed by atoms with E-state index < -0.39 is 47.2 Å². The predicted octanol–water partition coefficient (Wildman–Crippen LogP) is 3.53. The fourth-order valence-electron chi connectivity index (χ4n) is 9.10. The van der Waals surface area contributed by atoms with Crippen LogP contribution in [0.15, 0.2) is 0 Å². The minimum atomic E-state index is -0.971. The van der Waals surface area contributed by atoms with Crippen LogP contribution in [0, 0.1) is 27.1 Å². The highest BCUT2D eigenvalue weighted by atomic mass is 32.2. The van der Waals surface area contributed by atoms with Crippen molar-refractivity contribution in [1.29, 1.82) is 0 Å². The molecule has 0 aromatic rings. The van der Waals surface area contributed by atoms with Gasteiger partial charge in [-0.25, -0.2) is 13.8 Å². The lowest BCUT2D eigenvalue weighted by molar-refractivity contribution is -0.144. The normalized spacial score (nSPS) is 26.9. The molecule has 14 heteroatoms. The quantitative estimate of drug-likeness (QED) is 0.132. The van der Waals surface area contributed by atoms with Crippen LogP contribution in [-0.2, 0) is 23.9 Å². The number of nitrogens with zero attached hydrogens (tertiary/aromatic N) is 2. The van der Waals surface area contributed by atoms with Crippen LogP contribution in [0.3, 0.4) is 0 Å². The largest absolute Gasteiger partial charge is 0.379 e. The molecule has 0 aromatic heterocycles. The summed E-state index contributed by atoms with van der Waals surface area (Å²) in [5, 5.41) is 11.8. The van der Waals surface area contributed by atoms with Crippen LogP contribution in [0.5, 0.6) is 0 Å². The van der Waals surface area contributed by atoms with E-state index in [1.165, 1.54) is 12.1 Å². The number of urea groups is 1. The Morgan fingerprint density at radius 3 is 2.08 bits per heavy atom. The number of fused-ring (bicyclic) bond motifs is 1. The van der Waals surface area contributed by atoms with Gasteiger partial charge in [0.05, 0.1) is 19.3 Å². The summed E-state index contributed by atoms with van der Waals surface area (Å²) in [5.74, 6) is -2.04. The van der Waals surface area contributed by atoms with Crippen LogP contribution in [-0.4, -0.2) is 108 Å². The molecule has 2 heterocycles. The molecule has 52 heavy (non-hydrogen) atoms. The van der Waals surface area contributed by atoms with Crippen molar-refractivity contribution in [3.8, 4) is 0 Å². The first-order valence-electron chi connectivity index (χ1n) is 19.5. The van der Waals surface area contributed by atoms with E-state index in [0.29, 0.717) is 45.6 Å². The summed E-state index contributed by atoms with van der Waals surface area (Å²) >= 11 is 1.53. The van der Waals surface area contributed by atoms with E-state index in [1.54, 1.807) is 4.90 Å². The van der Waals surface area contributed by atoms with Crippen molar-refractivity contribution in [3.63, 3.8) is 0 Å². The molecular weight excluding hydrogens is 683 g/mol. The smallest absolute Gasteiger partial charge is 0.315 e. The Bertz CT molecular complexity index is 1360. The van der Waals surface area contributed by atoms with E-state index in [0.717, 1.165) is 45.2 Å². The number of Topliss-reactive ketones (excluding diaryl/α,β-unsaturated/α-hetero) is 1. The average Bonchev–Trinajstić information content (AvgIpc) is 3.87. The molecule has 294 valence electrons. The molecule has 5 N–H and O–H groups in total. The highest BCUT2D eigenvalue weighted by molar-refractivity contribution is 7.95. The Morgan fingerprint density at radius 1 is 0.904 bits per heavy atom. The maximum Gasteiger partial charge on any atom is 0.315 e. The first kappa shape index (κ1) is 40.8. The molecule has 0 aromatic carbocycles. The summed E-state index contributed by atoms with van der Waals surface area (Å²) in [6.45, 7) is 22.3. The monoisotopic (exact) mass is 747 g/mol. The number of morpholine rings is 1. The Balaban J connectivity index is 1.33. The summed E-state index contributed by atoms with van der Waals surface area (Å²) in [4.78, 5) is 70.6. The second-order valence-electron chi connectivity index (χ2n) is 18.6. The molecule has 3 aliphatic carbocycles. The van der Waals surface area contributed by atoms with Gasteiger partial charge in [-0.1, -0.05) is 75.2 Å². The van der Waals surface area contributed by atoms with Gasteiger partial charge in [0.1, 0.15) is 12.1 Å². The lowest BCUT2D eigenvalue weighted by atomic mass is 9.73. The van der Waals surface area contributed by atoms with E-state index >= 15 is 0 Å². The molecule has 5 amide bonds. The van der Waals surface area contributed by atoms with Crippen molar-refractivity contribution in [1.82, 2.24) is 35.2 Å². The van der Waals surface area contributed by atoms with Gasteiger partial charge >= 0.3 is 6.03 Å². The Hall–Kier alpha value is -2.42. The summed E-state index contributed by atoms with van der Waals surface area (Å²) in [6.07, 6.45) is 6.36. The van der Waals surface area contributed by atoms with Gasteiger partial charge in [0.2, 0.25) is 17.6 Å². The predicted molar refractivity (Wildman–Crippen MR) is 202 cm³/mol. The molecular formula is C38H65N7O6S. The fourth-order valence-corrected chi connectivity index (χ4v) is 9.86. The van der Waals surface area contributed by atoms with Crippen molar-refractivity contribution in [2.45, 2.75) is 144 Å². The number of carbonyl (C=O) groups is 5. The van der Waals surface area contributed by atoms with Crippen LogP contribution in [0.2, 0.25) is 0 Å². The van der Waals surface area contributed by atoms with Crippen molar-refractivity contribution < 1.29 is 28.7 Å². The van der Waals surface area contributed by atoms with Crippen LogP contribution < -0.4 is 26.0 Å². The summed E-state index contributed by atoms with van der Waals surface area (Å²) in [6, 6.07) is -3.40. The first-order chi connectivity index (χ1) is 24.3. The van der Waals surface area contributed by atoms with Gasteiger partial charge < -0.3 is 30.9 Å². The van der Waals surface area contributed by atoms with E-state index in [1.807, 2.05) is 27.7 Å². The van der Waals surface area contributed by atoms with Crippen LogP contribution >= 0.6 is 12.1 Å². The van der Waals surface area contributed by atoms with Gasteiger partial charge in [-0.2, -0.15) is 0 Å². The molecule has 0 bridgehead atoms. The topological polar surface area (TPSA) is 161 Å². The number of rotatable bonds is 14. The average molecular weight is 748 g/mol. The maximum atomic E-state index is 14.8. The minimum Gasteiger partial charge on any atom is -0.379 e. The molecule has 2 spiro atoms. The zero-order valence-electron chi connectivity index (χ0n) is 33.0. The SMILES string of the molecule is CCCC(NC(=O)[C@@H]1C[C@@]2(CN1C(=O)[C@@H](NC(=O)N[C@@H](CNSN1CCOCC1)C(C)(C)C)C(C)(C)C)C(C)(C)C21CCC1)C(=O)C(=O)NC1CC1. The second kappa shape index (κ2) is 15.4. The summed E-state index contributed by atoms with van der Waals surface area (Å²) < 4.78 is 11.1. The van der Waals surface area contributed by atoms with E-state index in [-0.39, 0.29) is 39.7 Å². The van der Waals surface area contributed by atoms with Crippen LogP contribution in [0.4, 0.5) is 4.79 Å². The number of hydrogen-bond donors (Lipinski definition) is 5. The Labute approximate surface area is 315 Å². The highest BCUT2D eigenvalue weighted by Crippen LogP contribution is 2.88. The fraction of sp³-hybridized carbons (Fsp3) is 0.868. The number of ketones is 1. The summed E-state index contributed by atoms with van der Waals surface area (Å²) in [7, 11) is 0. The van der Waals surface area contributed by atoms with Gasteiger partial charge in [0.25, 0.3) is 5.91 Å². The first-order valence-corrected chi connectivity index (χ1v) is 20.3. The standard InChI is InChI=1S/C38H65N7O6S/c1-10-12-25(28(46)31(48)40-24-13-14-24)41-30(47)26-21-38(36(8,9)37(38)15-11-16-37)23-45(26)32(49)29(35(5,6)7)43-33(50)42-27(34(2,3)4)22-39-52-44-17-19-51-20-18-44/h24-27,29,39H,10-23H2,1-9H3,(H,40,48)(H,41,47)(H2,42,43,50)/t25?,26-,27-,29+,38+/m0/s1. The molecule has 5 atom stereocenters. The Morgan fingerprint density at radius 2 is 1.56 bits per heavy atom. The molecule has 5 aliphatic rings. The van der Waals surface area contributed by atoms with Gasteiger partial charge in [-0.3, -0.25) is 19.2 Å². The molecule has 1 unspecified atom stereocenters. The lowest BCUT2D eigenvalue weighted by Gasteiger charge is -2.37. The molecule has 5 fully saturated rings. The Kier molecular flexibility index (Phi) is 12.0. The molecule has 0 radical (unpaired) electrons. The number of hydrogen-bond acceptors (Lipinski definition) is 9.